The molecule has 50 heavy (non-hydrogen) atoms. The molecule has 0 unspecified atom stereocenters. The zero-order chi connectivity index (χ0) is 35.8. The van der Waals surface area contributed by atoms with Crippen LogP contribution >= 0.6 is 0 Å². The van der Waals surface area contributed by atoms with Crippen LogP contribution in [0.15, 0.2) is 36.4 Å². The molecular formula is C40H58N6O4. The Morgan fingerprint density at radius 1 is 0.800 bits per heavy atom. The number of benzene rings is 2. The van der Waals surface area contributed by atoms with Crippen molar-refractivity contribution in [2.24, 2.45) is 0 Å². The number of anilines is 1. The number of aryl methyl sites for hydroxylation is 4. The molecule has 10 nitrogen and oxygen atoms in total. The number of piperidine rings is 3. The van der Waals surface area contributed by atoms with Crippen LogP contribution in [0.4, 0.5) is 10.5 Å². The van der Waals surface area contributed by atoms with Gasteiger partial charge >= 0.3 is 6.03 Å². The fourth-order valence-corrected chi connectivity index (χ4v) is 8.04. The van der Waals surface area contributed by atoms with Gasteiger partial charge in [-0.05, 0) is 113 Å². The molecule has 1 atom stereocenters. The van der Waals surface area contributed by atoms with Crippen molar-refractivity contribution in [2.45, 2.75) is 117 Å². The third-order valence-corrected chi connectivity index (χ3v) is 11.3. The maximum absolute atomic E-state index is 14.1. The molecule has 10 heteroatoms. The van der Waals surface area contributed by atoms with Gasteiger partial charge in [0.25, 0.3) is 0 Å². The van der Waals surface area contributed by atoms with Crippen molar-refractivity contribution in [1.82, 2.24) is 24.9 Å². The van der Waals surface area contributed by atoms with Crippen LogP contribution in [-0.2, 0) is 27.3 Å². The second-order valence-electron chi connectivity index (χ2n) is 14.6. The first-order valence-corrected chi connectivity index (χ1v) is 18.8. The summed E-state index contributed by atoms with van der Waals surface area (Å²) in [5.74, 6) is -0.322. The molecule has 3 aliphatic heterocycles. The average Bonchev–Trinajstić information content (AvgIpc) is 3.12. The van der Waals surface area contributed by atoms with Crippen molar-refractivity contribution in [3.8, 4) is 0 Å². The molecule has 0 bridgehead atoms. The van der Waals surface area contributed by atoms with Crippen molar-refractivity contribution < 1.29 is 19.2 Å². The molecule has 0 aliphatic carbocycles. The number of amides is 5. The lowest BCUT2D eigenvalue weighted by Gasteiger charge is -2.41. The van der Waals surface area contributed by atoms with E-state index in [4.69, 9.17) is 0 Å². The van der Waals surface area contributed by atoms with Crippen LogP contribution < -0.4 is 10.6 Å². The highest BCUT2D eigenvalue weighted by Crippen LogP contribution is 2.25. The summed E-state index contributed by atoms with van der Waals surface area (Å²) >= 11 is 0. The fraction of sp³-hybridized carbons (Fsp3) is 0.600. The summed E-state index contributed by atoms with van der Waals surface area (Å²) in [4.78, 5) is 62.2. The normalized spacial score (nSPS) is 18.4. The zero-order valence-electron chi connectivity index (χ0n) is 30.9. The van der Waals surface area contributed by atoms with E-state index < -0.39 is 12.1 Å². The van der Waals surface area contributed by atoms with E-state index in [1.165, 1.54) is 24.8 Å². The maximum atomic E-state index is 14.1. The summed E-state index contributed by atoms with van der Waals surface area (Å²) in [7, 11) is 0. The van der Waals surface area contributed by atoms with Crippen molar-refractivity contribution in [2.75, 3.05) is 44.6 Å². The van der Waals surface area contributed by atoms with Gasteiger partial charge in [0.15, 0.2) is 0 Å². The molecule has 2 aromatic carbocycles. The van der Waals surface area contributed by atoms with Gasteiger partial charge in [-0.1, -0.05) is 43.7 Å². The van der Waals surface area contributed by atoms with Crippen LogP contribution in [0.1, 0.15) is 93.0 Å². The summed E-state index contributed by atoms with van der Waals surface area (Å²) in [5, 5.41) is 5.83. The molecule has 3 fully saturated rings. The molecule has 5 amide bonds. The summed E-state index contributed by atoms with van der Waals surface area (Å²) < 4.78 is 0. The Morgan fingerprint density at radius 2 is 1.42 bits per heavy atom. The Kier molecular flexibility index (Phi) is 12.9. The Morgan fingerprint density at radius 3 is 2.06 bits per heavy atom. The standard InChI is InChI=1S/C40H58N6O4/c1-6-32-12-8-9-13-33(32)27-46(31(5)47)35-16-20-44(21-17-35)38(48)26-37(42-40(50)41-36-25-29(3)28(2)24-30(36)4)39(49)45-22-14-34(15-23-45)43-18-10-7-11-19-43/h8-9,12-13,24-25,34-35,37H,6-7,10-11,14-23,26-27H2,1-5H3,(H2,41,42,50)/t37-/m0/s1. The number of carbonyl (C=O) groups excluding carboxylic acids is 4. The number of hydrogen-bond donors (Lipinski definition) is 2. The molecule has 0 aromatic heterocycles. The summed E-state index contributed by atoms with van der Waals surface area (Å²) in [6, 6.07) is 11.3. The predicted octanol–water partition coefficient (Wildman–Crippen LogP) is 5.57. The Balaban J connectivity index is 1.23. The molecule has 0 spiro atoms. The Bertz CT molecular complexity index is 1510. The van der Waals surface area contributed by atoms with E-state index in [-0.39, 0.29) is 30.2 Å². The van der Waals surface area contributed by atoms with E-state index in [0.717, 1.165) is 54.6 Å². The highest BCUT2D eigenvalue weighted by molar-refractivity contribution is 5.96. The van der Waals surface area contributed by atoms with E-state index in [9.17, 15) is 19.2 Å². The van der Waals surface area contributed by atoms with Gasteiger partial charge in [0, 0.05) is 57.4 Å². The molecule has 0 radical (unpaired) electrons. The first kappa shape index (κ1) is 37.3. The molecular weight excluding hydrogens is 628 g/mol. The van der Waals surface area contributed by atoms with Crippen LogP contribution in [0, 0.1) is 20.8 Å². The number of carbonyl (C=O) groups is 4. The molecule has 5 rings (SSSR count). The largest absolute Gasteiger partial charge is 0.342 e. The van der Waals surface area contributed by atoms with Crippen molar-refractivity contribution in [3.63, 3.8) is 0 Å². The molecule has 3 aliphatic rings. The molecule has 2 N–H and O–H groups in total. The lowest BCUT2D eigenvalue weighted by atomic mass is 9.98. The SMILES string of the molecule is CCc1ccccc1CN(C(C)=O)C1CCN(C(=O)C[C@H](NC(=O)Nc2cc(C)c(C)cc2C)C(=O)N2CCC(N3CCCCC3)CC2)CC1. The number of rotatable bonds is 10. The summed E-state index contributed by atoms with van der Waals surface area (Å²) in [6.07, 6.45) is 7.71. The number of likely N-dealkylation sites (tertiary alicyclic amines) is 3. The van der Waals surface area contributed by atoms with Gasteiger partial charge in [0.05, 0.1) is 6.42 Å². The van der Waals surface area contributed by atoms with Crippen LogP contribution in [0.3, 0.4) is 0 Å². The third kappa shape index (κ3) is 9.44. The monoisotopic (exact) mass is 686 g/mol. The predicted molar refractivity (Wildman–Crippen MR) is 198 cm³/mol. The minimum absolute atomic E-state index is 0.0321. The first-order valence-electron chi connectivity index (χ1n) is 18.8. The lowest BCUT2D eigenvalue weighted by molar-refractivity contribution is -0.141. The minimum Gasteiger partial charge on any atom is -0.342 e. The van der Waals surface area contributed by atoms with E-state index in [1.807, 2.05) is 54.8 Å². The third-order valence-electron chi connectivity index (χ3n) is 11.3. The Hall–Kier alpha value is -3.92. The Labute approximate surface area is 298 Å². The summed E-state index contributed by atoms with van der Waals surface area (Å²) in [6.45, 7) is 14.8. The molecule has 3 heterocycles. The first-order chi connectivity index (χ1) is 24.0. The van der Waals surface area contributed by atoms with Gasteiger partial charge in [-0.2, -0.15) is 0 Å². The molecule has 272 valence electrons. The fourth-order valence-electron chi connectivity index (χ4n) is 8.04. The van der Waals surface area contributed by atoms with E-state index in [1.54, 1.807) is 11.8 Å². The molecule has 2 aromatic rings. The van der Waals surface area contributed by atoms with Gasteiger partial charge in [0.1, 0.15) is 6.04 Å². The number of nitrogens with zero attached hydrogens (tertiary/aromatic N) is 4. The van der Waals surface area contributed by atoms with Crippen LogP contribution in [-0.4, -0.2) is 101 Å². The van der Waals surface area contributed by atoms with Crippen molar-refractivity contribution >= 4 is 29.4 Å². The number of urea groups is 1. The smallest absolute Gasteiger partial charge is 0.319 e. The second-order valence-corrected chi connectivity index (χ2v) is 14.6. The van der Waals surface area contributed by atoms with Crippen LogP contribution in [0.25, 0.3) is 0 Å². The van der Waals surface area contributed by atoms with Gasteiger partial charge < -0.3 is 30.2 Å². The van der Waals surface area contributed by atoms with E-state index in [2.05, 4.69) is 34.6 Å². The average molecular weight is 687 g/mol. The molecule has 0 saturated carbocycles. The number of hydrogen-bond acceptors (Lipinski definition) is 5. The van der Waals surface area contributed by atoms with Crippen LogP contribution in [0.2, 0.25) is 0 Å². The van der Waals surface area contributed by atoms with Crippen LogP contribution in [0.5, 0.6) is 0 Å². The highest BCUT2D eigenvalue weighted by atomic mass is 16.2. The second kappa shape index (κ2) is 17.3. The van der Waals surface area contributed by atoms with E-state index in [0.29, 0.717) is 57.3 Å². The summed E-state index contributed by atoms with van der Waals surface area (Å²) in [5.41, 5.74) is 6.21. The van der Waals surface area contributed by atoms with Gasteiger partial charge in [-0.3, -0.25) is 14.4 Å². The van der Waals surface area contributed by atoms with Crippen molar-refractivity contribution in [1.29, 1.82) is 0 Å². The maximum Gasteiger partial charge on any atom is 0.319 e. The van der Waals surface area contributed by atoms with Gasteiger partial charge in [-0.15, -0.1) is 0 Å². The van der Waals surface area contributed by atoms with Crippen molar-refractivity contribution in [3.05, 3.63) is 64.2 Å². The zero-order valence-corrected chi connectivity index (χ0v) is 30.9. The van der Waals surface area contributed by atoms with Gasteiger partial charge in [0.2, 0.25) is 17.7 Å². The lowest BCUT2D eigenvalue weighted by Crippen LogP contribution is -2.56. The topological polar surface area (TPSA) is 105 Å². The van der Waals surface area contributed by atoms with E-state index >= 15 is 0 Å². The minimum atomic E-state index is -0.974. The molecule has 3 saturated heterocycles. The van der Waals surface area contributed by atoms with Gasteiger partial charge in [-0.25, -0.2) is 4.79 Å². The number of nitrogens with one attached hydrogen (secondary N) is 2. The quantitative estimate of drug-likeness (QED) is 0.340. The highest BCUT2D eigenvalue weighted by Gasteiger charge is 2.35.